The van der Waals surface area contributed by atoms with Gasteiger partial charge in [0.15, 0.2) is 5.69 Å². The largest absolute Gasteiger partial charge is 0.462 e. The number of nitrogens with zero attached hydrogens (tertiary/aromatic N) is 1. The van der Waals surface area contributed by atoms with Crippen LogP contribution >= 0.6 is 11.3 Å². The van der Waals surface area contributed by atoms with E-state index in [9.17, 15) is 9.59 Å². The minimum atomic E-state index is -0.601. The molecule has 0 aromatic carbocycles. The molecule has 6 nitrogen and oxygen atoms in total. The minimum absolute atomic E-state index is 0.0285. The van der Waals surface area contributed by atoms with E-state index in [4.69, 9.17) is 14.2 Å². The van der Waals surface area contributed by atoms with Gasteiger partial charge in [-0.3, -0.25) is 0 Å². The molecule has 0 amide bonds. The first-order valence-electron chi connectivity index (χ1n) is 6.63. The van der Waals surface area contributed by atoms with Crippen LogP contribution in [0.25, 0.3) is 0 Å². The molecule has 0 N–H and O–H groups in total. The third kappa shape index (κ3) is 3.16. The fourth-order valence-electron chi connectivity index (χ4n) is 1.92. The number of aromatic nitrogens is 1. The first-order chi connectivity index (χ1) is 9.67. The van der Waals surface area contributed by atoms with Gasteiger partial charge in [0.05, 0.1) is 13.2 Å². The van der Waals surface area contributed by atoms with E-state index in [2.05, 4.69) is 4.98 Å². The molecule has 1 aliphatic rings. The third-order valence-corrected chi connectivity index (χ3v) is 3.91. The van der Waals surface area contributed by atoms with Crippen molar-refractivity contribution < 1.29 is 23.8 Å². The predicted octanol–water partition coefficient (Wildman–Crippen LogP) is 2.35. The summed E-state index contributed by atoms with van der Waals surface area (Å²) in [4.78, 5) is 28.2. The van der Waals surface area contributed by atoms with Gasteiger partial charge < -0.3 is 14.2 Å². The Morgan fingerprint density at radius 1 is 1.30 bits per heavy atom. The molecule has 0 unspecified atom stereocenters. The second kappa shape index (κ2) is 6.81. The lowest BCUT2D eigenvalue weighted by Crippen LogP contribution is -2.12. The van der Waals surface area contributed by atoms with Crippen molar-refractivity contribution >= 4 is 23.3 Å². The van der Waals surface area contributed by atoms with Gasteiger partial charge in [0.2, 0.25) is 0 Å². The van der Waals surface area contributed by atoms with Crippen molar-refractivity contribution in [3.8, 4) is 0 Å². The summed E-state index contributed by atoms with van der Waals surface area (Å²) in [6, 6.07) is 0. The van der Waals surface area contributed by atoms with Crippen LogP contribution in [0, 0.1) is 0 Å². The number of thiazole rings is 1. The normalized spacial score (nSPS) is 18.0. The Morgan fingerprint density at radius 3 is 2.60 bits per heavy atom. The van der Waals surface area contributed by atoms with E-state index in [0.29, 0.717) is 11.6 Å². The fourth-order valence-corrected chi connectivity index (χ4v) is 2.95. The molecule has 1 aromatic rings. The van der Waals surface area contributed by atoms with E-state index >= 15 is 0 Å². The molecule has 0 bridgehead atoms. The van der Waals surface area contributed by atoms with Gasteiger partial charge in [0.1, 0.15) is 16.0 Å². The lowest BCUT2D eigenvalue weighted by Gasteiger charge is -2.03. The number of hydrogen-bond acceptors (Lipinski definition) is 7. The second-order valence-electron chi connectivity index (χ2n) is 4.17. The number of ether oxygens (including phenoxy) is 3. The van der Waals surface area contributed by atoms with Gasteiger partial charge >= 0.3 is 11.9 Å². The number of esters is 2. The number of hydrogen-bond donors (Lipinski definition) is 0. The quantitative estimate of drug-likeness (QED) is 0.777. The maximum atomic E-state index is 11.9. The molecular weight excluding hydrogens is 282 g/mol. The van der Waals surface area contributed by atoms with Crippen LogP contribution < -0.4 is 0 Å². The van der Waals surface area contributed by atoms with Crippen LogP contribution in [0.5, 0.6) is 0 Å². The van der Waals surface area contributed by atoms with Gasteiger partial charge in [-0.25, -0.2) is 14.6 Å². The Bertz CT molecular complexity index is 457. The highest BCUT2D eigenvalue weighted by Crippen LogP contribution is 2.33. The summed E-state index contributed by atoms with van der Waals surface area (Å²) < 4.78 is 15.4. The molecule has 1 fully saturated rings. The van der Waals surface area contributed by atoms with Crippen LogP contribution in [0.4, 0.5) is 0 Å². The van der Waals surface area contributed by atoms with Crippen molar-refractivity contribution in [1.82, 2.24) is 4.98 Å². The summed E-state index contributed by atoms with van der Waals surface area (Å²) in [5, 5.41) is 0.633. The maximum Gasteiger partial charge on any atom is 0.358 e. The maximum absolute atomic E-state index is 11.9. The molecule has 1 atom stereocenters. The van der Waals surface area contributed by atoms with E-state index in [-0.39, 0.29) is 29.9 Å². The summed E-state index contributed by atoms with van der Waals surface area (Å²) in [6.45, 7) is 4.56. The van der Waals surface area contributed by atoms with Gasteiger partial charge in [0.25, 0.3) is 0 Å². The van der Waals surface area contributed by atoms with E-state index in [0.717, 1.165) is 24.2 Å². The number of carbonyl (C=O) groups excluding carboxylic acids is 2. The fraction of sp³-hybridized carbons (Fsp3) is 0.615. The minimum Gasteiger partial charge on any atom is -0.462 e. The predicted molar refractivity (Wildman–Crippen MR) is 72.0 cm³/mol. The molecule has 2 rings (SSSR count). The molecule has 0 spiro atoms. The molecule has 7 heteroatoms. The molecule has 0 radical (unpaired) electrons. The van der Waals surface area contributed by atoms with E-state index in [1.54, 1.807) is 13.8 Å². The Labute approximate surface area is 121 Å². The van der Waals surface area contributed by atoms with Crippen LogP contribution in [0.3, 0.4) is 0 Å². The first kappa shape index (κ1) is 14.9. The molecule has 0 saturated carbocycles. The molecule has 2 heterocycles. The van der Waals surface area contributed by atoms with Gasteiger partial charge in [-0.1, -0.05) is 0 Å². The van der Waals surface area contributed by atoms with Crippen molar-refractivity contribution in [2.24, 2.45) is 0 Å². The van der Waals surface area contributed by atoms with Crippen LogP contribution in [0.2, 0.25) is 0 Å². The second-order valence-corrected chi connectivity index (χ2v) is 5.20. The summed E-state index contributed by atoms with van der Waals surface area (Å²) in [7, 11) is 0. The lowest BCUT2D eigenvalue weighted by molar-refractivity contribution is 0.0478. The average Bonchev–Trinajstić information content (AvgIpc) is 3.08. The number of rotatable bonds is 5. The molecule has 1 aromatic heterocycles. The first-order valence-corrected chi connectivity index (χ1v) is 7.45. The summed E-state index contributed by atoms with van der Waals surface area (Å²) in [5.41, 5.74) is 0.0285. The standard InChI is InChI=1S/C13H17NO5S/c1-3-17-12(15)9-10(13(16)18-4-2)20-11(14-9)8-6-5-7-19-8/h8H,3-7H2,1-2H3/t8-/m0/s1. The van der Waals surface area contributed by atoms with Crippen molar-refractivity contribution in [3.05, 3.63) is 15.6 Å². The number of carbonyl (C=O) groups is 2. The monoisotopic (exact) mass is 299 g/mol. The third-order valence-electron chi connectivity index (χ3n) is 2.78. The summed E-state index contributed by atoms with van der Waals surface area (Å²) in [6.07, 6.45) is 1.66. The van der Waals surface area contributed by atoms with Crippen LogP contribution in [0.15, 0.2) is 0 Å². The molecule has 1 aliphatic heterocycles. The van der Waals surface area contributed by atoms with Crippen LogP contribution in [-0.4, -0.2) is 36.7 Å². The Kier molecular flexibility index (Phi) is 5.08. The smallest absolute Gasteiger partial charge is 0.358 e. The Morgan fingerprint density at radius 2 is 2.00 bits per heavy atom. The molecule has 20 heavy (non-hydrogen) atoms. The van der Waals surface area contributed by atoms with E-state index in [1.807, 2.05) is 0 Å². The van der Waals surface area contributed by atoms with E-state index in [1.165, 1.54) is 0 Å². The summed E-state index contributed by atoms with van der Waals surface area (Å²) >= 11 is 1.15. The summed E-state index contributed by atoms with van der Waals surface area (Å²) in [5.74, 6) is -1.15. The van der Waals surface area contributed by atoms with Crippen molar-refractivity contribution in [1.29, 1.82) is 0 Å². The Balaban J connectivity index is 2.30. The van der Waals surface area contributed by atoms with Gasteiger partial charge in [0, 0.05) is 6.61 Å². The highest BCUT2D eigenvalue weighted by Gasteiger charge is 2.29. The molecule has 0 aliphatic carbocycles. The van der Waals surface area contributed by atoms with Gasteiger partial charge in [-0.15, -0.1) is 11.3 Å². The molecule has 1 saturated heterocycles. The topological polar surface area (TPSA) is 74.7 Å². The zero-order valence-electron chi connectivity index (χ0n) is 11.5. The SMILES string of the molecule is CCOC(=O)c1nc([C@@H]2CCCO2)sc1C(=O)OCC. The highest BCUT2D eigenvalue weighted by molar-refractivity contribution is 7.14. The van der Waals surface area contributed by atoms with Crippen molar-refractivity contribution in [2.75, 3.05) is 19.8 Å². The molecule has 110 valence electrons. The van der Waals surface area contributed by atoms with E-state index < -0.39 is 11.9 Å². The zero-order valence-corrected chi connectivity index (χ0v) is 12.3. The van der Waals surface area contributed by atoms with Crippen molar-refractivity contribution in [3.63, 3.8) is 0 Å². The Hall–Kier alpha value is -1.47. The zero-order chi connectivity index (χ0) is 14.5. The lowest BCUT2D eigenvalue weighted by atomic mass is 10.2. The van der Waals surface area contributed by atoms with Crippen LogP contribution in [-0.2, 0) is 14.2 Å². The van der Waals surface area contributed by atoms with Gasteiger partial charge in [-0.05, 0) is 26.7 Å². The van der Waals surface area contributed by atoms with Crippen LogP contribution in [0.1, 0.15) is 58.0 Å². The molecular formula is C13H17NO5S. The van der Waals surface area contributed by atoms with Crippen molar-refractivity contribution in [2.45, 2.75) is 32.8 Å². The van der Waals surface area contributed by atoms with Gasteiger partial charge in [-0.2, -0.15) is 0 Å². The highest BCUT2D eigenvalue weighted by atomic mass is 32.1. The average molecular weight is 299 g/mol.